The minimum Gasteiger partial charge on any atom is -0.312 e. The van der Waals surface area contributed by atoms with Crippen LogP contribution in [0.1, 0.15) is 60.8 Å². The highest BCUT2D eigenvalue weighted by atomic mass is 15.3. The van der Waals surface area contributed by atoms with E-state index in [0.717, 1.165) is 18.6 Å². The molecule has 118 valence electrons. The summed E-state index contributed by atoms with van der Waals surface area (Å²) in [7, 11) is 0. The molecule has 0 aromatic carbocycles. The molecule has 0 radical (unpaired) electrons. The molecular weight excluding hydrogens is 246 g/mol. The van der Waals surface area contributed by atoms with E-state index in [-0.39, 0.29) is 5.54 Å². The fraction of sp³-hybridized carbons (Fsp3) is 1.00. The molecular formula is C17H35N3. The number of piperazine rings is 1. The van der Waals surface area contributed by atoms with E-state index in [0.29, 0.717) is 5.54 Å². The van der Waals surface area contributed by atoms with E-state index in [1.165, 1.54) is 38.9 Å². The first kappa shape index (κ1) is 16.3. The van der Waals surface area contributed by atoms with Crippen molar-refractivity contribution in [1.29, 1.82) is 0 Å². The molecule has 2 bridgehead atoms. The van der Waals surface area contributed by atoms with Gasteiger partial charge in [-0.2, -0.15) is 0 Å². The molecule has 3 heteroatoms. The van der Waals surface area contributed by atoms with Crippen LogP contribution in [0.4, 0.5) is 0 Å². The Labute approximate surface area is 126 Å². The standard InChI is InChI=1S/C17H35N3/c1-16(2,3)18-10-7-11-19-12-15-9-8-14(19)13-20(15)17(4,5)6/h14-15,18H,7-13H2,1-6H3. The van der Waals surface area contributed by atoms with E-state index in [1.54, 1.807) is 0 Å². The lowest BCUT2D eigenvalue weighted by molar-refractivity contribution is -0.0634. The zero-order valence-electron chi connectivity index (χ0n) is 14.5. The molecule has 0 aromatic rings. The summed E-state index contributed by atoms with van der Waals surface area (Å²) in [5.41, 5.74) is 0.590. The van der Waals surface area contributed by atoms with Crippen molar-refractivity contribution in [2.75, 3.05) is 26.2 Å². The number of piperidine rings is 2. The zero-order chi connectivity index (χ0) is 15.0. The first-order valence-electron chi connectivity index (χ1n) is 8.43. The molecule has 0 aliphatic carbocycles. The molecule has 3 nitrogen and oxygen atoms in total. The van der Waals surface area contributed by atoms with Crippen molar-refractivity contribution in [3.63, 3.8) is 0 Å². The lowest BCUT2D eigenvalue weighted by Crippen LogP contribution is -2.66. The van der Waals surface area contributed by atoms with Crippen LogP contribution >= 0.6 is 0 Å². The summed E-state index contributed by atoms with van der Waals surface area (Å²) < 4.78 is 0. The highest BCUT2D eigenvalue weighted by Gasteiger charge is 2.42. The summed E-state index contributed by atoms with van der Waals surface area (Å²) in [6.07, 6.45) is 4.08. The Balaban J connectivity index is 1.77. The summed E-state index contributed by atoms with van der Waals surface area (Å²) in [5.74, 6) is 0. The summed E-state index contributed by atoms with van der Waals surface area (Å²) in [6, 6.07) is 1.59. The second-order valence-electron chi connectivity index (χ2n) is 8.73. The van der Waals surface area contributed by atoms with Gasteiger partial charge in [0.05, 0.1) is 0 Å². The first-order valence-corrected chi connectivity index (χ1v) is 8.43. The molecule has 3 saturated heterocycles. The van der Waals surface area contributed by atoms with Gasteiger partial charge in [0.1, 0.15) is 0 Å². The van der Waals surface area contributed by atoms with E-state index < -0.39 is 0 Å². The summed E-state index contributed by atoms with van der Waals surface area (Å²) in [4.78, 5) is 5.49. The first-order chi connectivity index (χ1) is 9.17. The van der Waals surface area contributed by atoms with Crippen molar-refractivity contribution in [3.8, 4) is 0 Å². The van der Waals surface area contributed by atoms with Crippen molar-refractivity contribution >= 4 is 0 Å². The highest BCUT2D eigenvalue weighted by molar-refractivity contribution is 4.99. The molecule has 3 rings (SSSR count). The summed E-state index contributed by atoms with van der Waals surface area (Å²) in [5, 5.41) is 3.60. The Bertz CT molecular complexity index is 313. The van der Waals surface area contributed by atoms with Gasteiger partial charge >= 0.3 is 0 Å². The largest absolute Gasteiger partial charge is 0.312 e. The number of rotatable bonds is 4. The quantitative estimate of drug-likeness (QED) is 0.799. The van der Waals surface area contributed by atoms with Crippen LogP contribution < -0.4 is 5.32 Å². The molecule has 0 aromatic heterocycles. The molecule has 3 aliphatic heterocycles. The van der Waals surface area contributed by atoms with E-state index >= 15 is 0 Å². The van der Waals surface area contributed by atoms with Gasteiger partial charge in [-0.3, -0.25) is 9.80 Å². The Hall–Kier alpha value is -0.120. The van der Waals surface area contributed by atoms with Gasteiger partial charge in [-0.05, 0) is 73.9 Å². The van der Waals surface area contributed by atoms with Crippen LogP contribution in [-0.4, -0.2) is 59.1 Å². The van der Waals surface area contributed by atoms with Gasteiger partial charge < -0.3 is 5.32 Å². The monoisotopic (exact) mass is 281 g/mol. The predicted octanol–water partition coefficient (Wildman–Crippen LogP) is 2.71. The van der Waals surface area contributed by atoms with Crippen molar-refractivity contribution in [2.24, 2.45) is 0 Å². The average molecular weight is 281 g/mol. The lowest BCUT2D eigenvalue weighted by Gasteiger charge is -2.56. The number of nitrogens with one attached hydrogen (secondary N) is 1. The maximum Gasteiger partial charge on any atom is 0.0229 e. The van der Waals surface area contributed by atoms with Gasteiger partial charge in [0, 0.05) is 36.3 Å². The normalized spacial score (nSPS) is 29.1. The average Bonchev–Trinajstić information content (AvgIpc) is 2.33. The Morgan fingerprint density at radius 3 is 2.10 bits per heavy atom. The molecule has 20 heavy (non-hydrogen) atoms. The predicted molar refractivity (Wildman–Crippen MR) is 87.2 cm³/mol. The smallest absolute Gasteiger partial charge is 0.0229 e. The number of hydrogen-bond acceptors (Lipinski definition) is 3. The fourth-order valence-electron chi connectivity index (χ4n) is 3.76. The van der Waals surface area contributed by atoms with Gasteiger partial charge in [0.25, 0.3) is 0 Å². The third-order valence-electron chi connectivity index (χ3n) is 4.78. The Kier molecular flexibility index (Phi) is 4.83. The summed E-state index contributed by atoms with van der Waals surface area (Å²) >= 11 is 0. The highest BCUT2D eigenvalue weighted by Crippen LogP contribution is 2.33. The van der Waals surface area contributed by atoms with Gasteiger partial charge in [0.2, 0.25) is 0 Å². The summed E-state index contributed by atoms with van der Waals surface area (Å²) in [6.45, 7) is 18.8. The number of nitrogens with zero attached hydrogens (tertiary/aromatic N) is 2. The van der Waals surface area contributed by atoms with Gasteiger partial charge in [-0.15, -0.1) is 0 Å². The molecule has 3 fully saturated rings. The van der Waals surface area contributed by atoms with E-state index in [9.17, 15) is 0 Å². The SMILES string of the molecule is CC(C)(C)NCCCN1CC2CCC1CN2C(C)(C)C. The van der Waals surface area contributed by atoms with Gasteiger partial charge in [-0.25, -0.2) is 0 Å². The van der Waals surface area contributed by atoms with Crippen LogP contribution in [-0.2, 0) is 0 Å². The topological polar surface area (TPSA) is 18.5 Å². The molecule has 2 unspecified atom stereocenters. The molecule has 3 heterocycles. The lowest BCUT2D eigenvalue weighted by atomic mass is 9.86. The second kappa shape index (κ2) is 5.94. The van der Waals surface area contributed by atoms with Crippen LogP contribution in [0, 0.1) is 0 Å². The maximum atomic E-state index is 3.60. The Morgan fingerprint density at radius 1 is 0.950 bits per heavy atom. The maximum absolute atomic E-state index is 3.60. The second-order valence-corrected chi connectivity index (χ2v) is 8.73. The van der Waals surface area contributed by atoms with Crippen LogP contribution in [0.25, 0.3) is 0 Å². The van der Waals surface area contributed by atoms with Crippen molar-refractivity contribution < 1.29 is 0 Å². The molecule has 1 N–H and O–H groups in total. The van der Waals surface area contributed by atoms with E-state index in [1.807, 2.05) is 0 Å². The Morgan fingerprint density at radius 2 is 1.60 bits per heavy atom. The van der Waals surface area contributed by atoms with Crippen molar-refractivity contribution in [3.05, 3.63) is 0 Å². The third-order valence-corrected chi connectivity index (χ3v) is 4.78. The fourth-order valence-corrected chi connectivity index (χ4v) is 3.76. The minimum absolute atomic E-state index is 0.254. The number of fused-ring (bicyclic) bond motifs is 3. The van der Waals surface area contributed by atoms with Crippen LogP contribution in [0.15, 0.2) is 0 Å². The van der Waals surface area contributed by atoms with Crippen LogP contribution in [0.2, 0.25) is 0 Å². The molecule has 2 atom stereocenters. The molecule has 0 saturated carbocycles. The van der Waals surface area contributed by atoms with Crippen molar-refractivity contribution in [1.82, 2.24) is 15.1 Å². The van der Waals surface area contributed by atoms with E-state index in [2.05, 4.69) is 56.7 Å². The number of hydrogen-bond donors (Lipinski definition) is 1. The minimum atomic E-state index is 0.254. The molecule has 0 spiro atoms. The third kappa shape index (κ3) is 4.19. The van der Waals surface area contributed by atoms with Crippen molar-refractivity contribution in [2.45, 2.75) is 84.0 Å². The van der Waals surface area contributed by atoms with Gasteiger partial charge in [0.15, 0.2) is 0 Å². The molecule has 3 aliphatic rings. The zero-order valence-corrected chi connectivity index (χ0v) is 14.5. The van der Waals surface area contributed by atoms with Crippen LogP contribution in [0.3, 0.4) is 0 Å². The molecule has 0 amide bonds. The van der Waals surface area contributed by atoms with Crippen LogP contribution in [0.5, 0.6) is 0 Å². The van der Waals surface area contributed by atoms with E-state index in [4.69, 9.17) is 0 Å². The van der Waals surface area contributed by atoms with Gasteiger partial charge in [-0.1, -0.05) is 0 Å².